The molecular formula is C28H25N2OS+. The van der Waals surface area contributed by atoms with Gasteiger partial charge < -0.3 is 9.64 Å². The number of para-hydroxylation sites is 2. The normalized spacial score (nSPS) is 14.8. The SMILES string of the molecule is COc1cccc(C(=C\c2sc3ccccc3[n+]2C)/C=C2\C=Cc3ccccc3N2C)c1. The maximum absolute atomic E-state index is 5.51. The first-order valence-corrected chi connectivity index (χ1v) is 11.4. The molecule has 3 aromatic carbocycles. The van der Waals surface area contributed by atoms with E-state index in [0.717, 1.165) is 22.6 Å². The van der Waals surface area contributed by atoms with E-state index in [0.29, 0.717) is 0 Å². The molecule has 2 heterocycles. The molecule has 4 heteroatoms. The highest BCUT2D eigenvalue weighted by atomic mass is 32.1. The summed E-state index contributed by atoms with van der Waals surface area (Å²) in [6, 6.07) is 25.3. The molecule has 1 aromatic heterocycles. The van der Waals surface area contributed by atoms with Gasteiger partial charge in [-0.25, -0.2) is 0 Å². The molecule has 0 fully saturated rings. The van der Waals surface area contributed by atoms with Gasteiger partial charge in [0.05, 0.1) is 7.11 Å². The second kappa shape index (κ2) is 8.48. The quantitative estimate of drug-likeness (QED) is 0.347. The van der Waals surface area contributed by atoms with E-state index in [9.17, 15) is 0 Å². The minimum Gasteiger partial charge on any atom is -0.497 e. The third-order valence-corrected chi connectivity index (χ3v) is 7.04. The Morgan fingerprint density at radius 2 is 1.78 bits per heavy atom. The molecule has 0 spiro atoms. The summed E-state index contributed by atoms with van der Waals surface area (Å²) >= 11 is 1.80. The van der Waals surface area contributed by atoms with Crippen molar-refractivity contribution in [2.75, 3.05) is 19.1 Å². The Kier molecular flexibility index (Phi) is 5.38. The number of thiazole rings is 1. The van der Waals surface area contributed by atoms with Crippen LogP contribution in [0.5, 0.6) is 5.75 Å². The molecule has 0 amide bonds. The monoisotopic (exact) mass is 437 g/mol. The van der Waals surface area contributed by atoms with Crippen LogP contribution >= 0.6 is 11.3 Å². The Balaban J connectivity index is 1.66. The van der Waals surface area contributed by atoms with Gasteiger partial charge in [-0.05, 0) is 53.1 Å². The Labute approximate surface area is 192 Å². The highest BCUT2D eigenvalue weighted by Gasteiger charge is 2.17. The number of aryl methyl sites for hydroxylation is 1. The van der Waals surface area contributed by atoms with Gasteiger partial charge in [0, 0.05) is 30.6 Å². The van der Waals surface area contributed by atoms with Crippen LogP contribution in [0.2, 0.25) is 0 Å². The fourth-order valence-corrected chi connectivity index (χ4v) is 5.16. The van der Waals surface area contributed by atoms with E-state index in [1.165, 1.54) is 26.5 Å². The zero-order valence-corrected chi connectivity index (χ0v) is 19.3. The van der Waals surface area contributed by atoms with Crippen LogP contribution in [-0.2, 0) is 7.05 Å². The maximum atomic E-state index is 5.51. The van der Waals surface area contributed by atoms with E-state index in [-0.39, 0.29) is 0 Å². The number of hydrogen-bond donors (Lipinski definition) is 0. The van der Waals surface area contributed by atoms with Crippen molar-refractivity contribution in [3.05, 3.63) is 107 Å². The van der Waals surface area contributed by atoms with Crippen molar-refractivity contribution in [2.24, 2.45) is 7.05 Å². The van der Waals surface area contributed by atoms with Crippen molar-refractivity contribution < 1.29 is 9.30 Å². The van der Waals surface area contributed by atoms with Crippen LogP contribution in [0.3, 0.4) is 0 Å². The number of fused-ring (bicyclic) bond motifs is 2. The summed E-state index contributed by atoms with van der Waals surface area (Å²) in [5.74, 6) is 0.852. The Morgan fingerprint density at radius 1 is 0.969 bits per heavy atom. The smallest absolute Gasteiger partial charge is 0.263 e. The molecule has 1 aliphatic heterocycles. The summed E-state index contributed by atoms with van der Waals surface area (Å²) in [6.07, 6.45) is 8.89. The van der Waals surface area contributed by atoms with Gasteiger partial charge in [-0.15, -0.1) is 0 Å². The van der Waals surface area contributed by atoms with Crippen molar-refractivity contribution in [1.82, 2.24) is 0 Å². The van der Waals surface area contributed by atoms with Crippen LogP contribution in [0, 0.1) is 0 Å². The topological polar surface area (TPSA) is 16.4 Å². The lowest BCUT2D eigenvalue weighted by Crippen LogP contribution is -2.28. The van der Waals surface area contributed by atoms with Gasteiger partial charge in [-0.2, -0.15) is 4.57 Å². The molecule has 0 aliphatic carbocycles. The zero-order valence-electron chi connectivity index (χ0n) is 18.4. The molecule has 158 valence electrons. The Morgan fingerprint density at radius 3 is 2.62 bits per heavy atom. The fraction of sp³-hybridized carbons (Fsp3) is 0.107. The van der Waals surface area contributed by atoms with Gasteiger partial charge in [0.2, 0.25) is 5.52 Å². The van der Waals surface area contributed by atoms with E-state index in [4.69, 9.17) is 4.74 Å². The van der Waals surface area contributed by atoms with Crippen molar-refractivity contribution in [2.45, 2.75) is 0 Å². The molecular weight excluding hydrogens is 412 g/mol. The Hall–Kier alpha value is -3.63. The van der Waals surface area contributed by atoms with Crippen LogP contribution in [-0.4, -0.2) is 14.2 Å². The summed E-state index contributed by atoms with van der Waals surface area (Å²) < 4.78 is 9.05. The highest BCUT2D eigenvalue weighted by Crippen LogP contribution is 2.33. The lowest BCUT2D eigenvalue weighted by molar-refractivity contribution is -0.642. The summed E-state index contributed by atoms with van der Waals surface area (Å²) in [7, 11) is 5.96. The summed E-state index contributed by atoms with van der Waals surface area (Å²) in [5.41, 5.74) is 7.08. The van der Waals surface area contributed by atoms with Crippen LogP contribution in [0.25, 0.3) is 27.9 Å². The van der Waals surface area contributed by atoms with Crippen molar-refractivity contribution in [3.8, 4) is 5.75 Å². The third-order valence-electron chi connectivity index (χ3n) is 5.88. The number of hydrogen-bond acceptors (Lipinski definition) is 3. The number of likely N-dealkylation sites (N-methyl/N-ethyl adjacent to an activating group) is 1. The number of rotatable bonds is 4. The van der Waals surface area contributed by atoms with E-state index < -0.39 is 0 Å². The van der Waals surface area contributed by atoms with Crippen LogP contribution < -0.4 is 14.2 Å². The third kappa shape index (κ3) is 3.74. The van der Waals surface area contributed by atoms with Gasteiger partial charge >= 0.3 is 0 Å². The van der Waals surface area contributed by atoms with Crippen molar-refractivity contribution >= 4 is 45.0 Å². The molecule has 0 saturated carbocycles. The first-order valence-electron chi connectivity index (χ1n) is 10.6. The second-order valence-corrected chi connectivity index (χ2v) is 8.88. The number of allylic oxidation sites excluding steroid dienone is 3. The number of methoxy groups -OCH3 is 1. The van der Waals surface area contributed by atoms with E-state index >= 15 is 0 Å². The molecule has 0 N–H and O–H groups in total. The number of anilines is 1. The highest BCUT2D eigenvalue weighted by molar-refractivity contribution is 7.18. The van der Waals surface area contributed by atoms with Crippen LogP contribution in [0.4, 0.5) is 5.69 Å². The predicted molar refractivity (Wildman–Crippen MR) is 136 cm³/mol. The van der Waals surface area contributed by atoms with Gasteiger partial charge in [0.15, 0.2) is 0 Å². The maximum Gasteiger partial charge on any atom is 0.263 e. The number of ether oxygens (including phenoxy) is 1. The van der Waals surface area contributed by atoms with Crippen molar-refractivity contribution in [3.63, 3.8) is 0 Å². The average Bonchev–Trinajstić information content (AvgIpc) is 3.15. The molecule has 0 saturated heterocycles. The average molecular weight is 438 g/mol. The number of aromatic nitrogens is 1. The number of benzene rings is 3. The predicted octanol–water partition coefficient (Wildman–Crippen LogP) is 6.32. The van der Waals surface area contributed by atoms with E-state index in [2.05, 4.69) is 109 Å². The minimum absolute atomic E-state index is 0.852. The molecule has 4 aromatic rings. The summed E-state index contributed by atoms with van der Waals surface area (Å²) in [4.78, 5) is 2.24. The van der Waals surface area contributed by atoms with Gasteiger partial charge in [-0.1, -0.05) is 59.9 Å². The van der Waals surface area contributed by atoms with Gasteiger partial charge in [0.25, 0.3) is 5.01 Å². The van der Waals surface area contributed by atoms with Crippen LogP contribution in [0.15, 0.2) is 90.6 Å². The lowest BCUT2D eigenvalue weighted by Gasteiger charge is -2.26. The number of nitrogens with zero attached hydrogens (tertiary/aromatic N) is 2. The van der Waals surface area contributed by atoms with E-state index in [1.807, 2.05) is 12.1 Å². The second-order valence-electron chi connectivity index (χ2n) is 7.82. The molecule has 0 unspecified atom stereocenters. The van der Waals surface area contributed by atoms with E-state index in [1.54, 1.807) is 18.4 Å². The lowest BCUT2D eigenvalue weighted by atomic mass is 10.0. The molecule has 0 bridgehead atoms. The van der Waals surface area contributed by atoms with Gasteiger partial charge in [0.1, 0.15) is 17.5 Å². The molecule has 0 radical (unpaired) electrons. The molecule has 3 nitrogen and oxygen atoms in total. The largest absolute Gasteiger partial charge is 0.497 e. The summed E-state index contributed by atoms with van der Waals surface area (Å²) in [5, 5.41) is 1.20. The fourth-order valence-electron chi connectivity index (χ4n) is 4.05. The summed E-state index contributed by atoms with van der Waals surface area (Å²) in [6.45, 7) is 0. The zero-order chi connectivity index (χ0) is 22.1. The standard InChI is InChI=1S/C28H25N2OS/c1-29-23(16-15-20-9-4-5-12-25(20)29)17-22(21-10-8-11-24(18-21)31-3)19-28-30(2)26-13-6-7-14-27(26)32-28/h4-19H,1-3H3/q+1. The minimum atomic E-state index is 0.852. The van der Waals surface area contributed by atoms with Gasteiger partial charge in [-0.3, -0.25) is 0 Å². The van der Waals surface area contributed by atoms with Crippen molar-refractivity contribution in [1.29, 1.82) is 0 Å². The molecule has 32 heavy (non-hydrogen) atoms. The Bertz CT molecular complexity index is 1390. The molecule has 5 rings (SSSR count). The molecule has 0 atom stereocenters. The van der Waals surface area contributed by atoms with Crippen LogP contribution in [0.1, 0.15) is 16.1 Å². The molecule has 1 aliphatic rings. The first-order chi connectivity index (χ1) is 15.6. The first kappa shape index (κ1) is 20.3.